The lowest BCUT2D eigenvalue weighted by molar-refractivity contribution is -0.125. The molecule has 3 nitrogen and oxygen atoms in total. The van der Waals surface area contributed by atoms with E-state index in [2.05, 4.69) is 10.6 Å². The predicted octanol–water partition coefficient (Wildman–Crippen LogP) is 2.07. The van der Waals surface area contributed by atoms with Crippen LogP contribution in [0.2, 0.25) is 0 Å². The first-order valence-electron chi connectivity index (χ1n) is 7.34. The zero-order valence-corrected chi connectivity index (χ0v) is 10.8. The Morgan fingerprint density at radius 2 is 1.82 bits per heavy atom. The molecule has 17 heavy (non-hydrogen) atoms. The maximum atomic E-state index is 12.1. The minimum absolute atomic E-state index is 0.300. The summed E-state index contributed by atoms with van der Waals surface area (Å²) in [5.41, 5.74) is 0. The summed E-state index contributed by atoms with van der Waals surface area (Å²) in [7, 11) is 0. The highest BCUT2D eigenvalue weighted by Crippen LogP contribution is 2.23. The second-order valence-corrected chi connectivity index (χ2v) is 5.65. The molecule has 1 aliphatic carbocycles. The van der Waals surface area contributed by atoms with Gasteiger partial charge in [-0.05, 0) is 44.7 Å². The first-order valence-corrected chi connectivity index (χ1v) is 7.34. The van der Waals surface area contributed by atoms with E-state index in [4.69, 9.17) is 0 Å². The third kappa shape index (κ3) is 4.30. The molecule has 2 rings (SSSR count). The first-order chi connectivity index (χ1) is 8.36. The molecule has 3 heteroatoms. The molecule has 0 aromatic heterocycles. The summed E-state index contributed by atoms with van der Waals surface area (Å²) in [6.45, 7) is 3.10. The van der Waals surface area contributed by atoms with Gasteiger partial charge in [0.2, 0.25) is 5.91 Å². The summed E-state index contributed by atoms with van der Waals surface area (Å²) in [6.07, 6.45) is 9.84. The summed E-state index contributed by atoms with van der Waals surface area (Å²) in [5.74, 6) is 1.27. The number of carbonyl (C=O) groups is 1. The molecular formula is C14H26N2O. The van der Waals surface area contributed by atoms with Crippen LogP contribution in [0, 0.1) is 11.8 Å². The summed E-state index contributed by atoms with van der Waals surface area (Å²) < 4.78 is 0. The zero-order valence-electron chi connectivity index (χ0n) is 10.8. The summed E-state index contributed by atoms with van der Waals surface area (Å²) >= 11 is 0. The number of rotatable bonds is 3. The third-order valence-corrected chi connectivity index (χ3v) is 4.19. The molecule has 2 N–H and O–H groups in total. The number of hydrogen-bond acceptors (Lipinski definition) is 2. The highest BCUT2D eigenvalue weighted by molar-refractivity contribution is 5.78. The number of hydrogen-bond donors (Lipinski definition) is 2. The van der Waals surface area contributed by atoms with Crippen LogP contribution < -0.4 is 10.6 Å². The van der Waals surface area contributed by atoms with Gasteiger partial charge in [0.15, 0.2) is 0 Å². The van der Waals surface area contributed by atoms with Crippen molar-refractivity contribution in [3.05, 3.63) is 0 Å². The largest absolute Gasteiger partial charge is 0.356 e. The highest BCUT2D eigenvalue weighted by atomic mass is 16.1. The van der Waals surface area contributed by atoms with E-state index in [0.717, 1.165) is 32.5 Å². The van der Waals surface area contributed by atoms with Gasteiger partial charge >= 0.3 is 0 Å². The molecule has 2 fully saturated rings. The van der Waals surface area contributed by atoms with Gasteiger partial charge in [-0.15, -0.1) is 0 Å². The van der Waals surface area contributed by atoms with Crippen molar-refractivity contribution in [2.75, 3.05) is 19.6 Å². The van der Waals surface area contributed by atoms with Crippen LogP contribution in [-0.2, 0) is 4.79 Å². The fraction of sp³-hybridized carbons (Fsp3) is 0.929. The van der Waals surface area contributed by atoms with Gasteiger partial charge in [0.1, 0.15) is 0 Å². The average molecular weight is 238 g/mol. The van der Waals surface area contributed by atoms with Crippen LogP contribution in [0.15, 0.2) is 0 Å². The van der Waals surface area contributed by atoms with Crippen molar-refractivity contribution in [2.24, 2.45) is 11.8 Å². The molecule has 1 atom stereocenters. The molecule has 1 aliphatic heterocycles. The van der Waals surface area contributed by atoms with Crippen molar-refractivity contribution in [1.82, 2.24) is 10.6 Å². The van der Waals surface area contributed by atoms with Crippen molar-refractivity contribution >= 4 is 5.91 Å². The molecule has 1 amide bonds. The lowest BCUT2D eigenvalue weighted by atomic mass is 9.97. The molecule has 1 saturated carbocycles. The predicted molar refractivity (Wildman–Crippen MR) is 69.8 cm³/mol. The van der Waals surface area contributed by atoms with Crippen LogP contribution >= 0.6 is 0 Å². The standard InChI is InChI=1S/C14H26N2O/c17-14(13-7-3-1-2-4-8-13)16-11-12-6-5-9-15-10-12/h12-13,15H,1-11H2,(H,16,17). The summed E-state index contributed by atoms with van der Waals surface area (Å²) in [6, 6.07) is 0. The van der Waals surface area contributed by atoms with Crippen molar-refractivity contribution in [3.8, 4) is 0 Å². The second kappa shape index (κ2) is 7.00. The fourth-order valence-corrected chi connectivity index (χ4v) is 3.03. The van der Waals surface area contributed by atoms with Gasteiger partial charge in [-0.1, -0.05) is 25.7 Å². The fourth-order valence-electron chi connectivity index (χ4n) is 3.03. The Balaban J connectivity index is 1.68. The molecule has 1 unspecified atom stereocenters. The van der Waals surface area contributed by atoms with Gasteiger partial charge < -0.3 is 10.6 Å². The Bertz CT molecular complexity index is 228. The van der Waals surface area contributed by atoms with Crippen molar-refractivity contribution in [2.45, 2.75) is 51.4 Å². The Labute approximate surface area is 105 Å². The molecule has 98 valence electrons. The third-order valence-electron chi connectivity index (χ3n) is 4.19. The summed E-state index contributed by atoms with van der Waals surface area (Å²) in [5, 5.41) is 6.57. The maximum Gasteiger partial charge on any atom is 0.223 e. The lowest BCUT2D eigenvalue weighted by Gasteiger charge is -2.24. The molecular weight excluding hydrogens is 212 g/mol. The number of carbonyl (C=O) groups excluding carboxylic acids is 1. The Hall–Kier alpha value is -0.570. The molecule has 0 spiro atoms. The number of amides is 1. The van der Waals surface area contributed by atoms with Crippen molar-refractivity contribution in [1.29, 1.82) is 0 Å². The SMILES string of the molecule is O=C(NCC1CCCNC1)C1CCCCCC1. The van der Waals surface area contributed by atoms with Gasteiger partial charge in [-0.3, -0.25) is 4.79 Å². The van der Waals surface area contributed by atoms with E-state index in [-0.39, 0.29) is 0 Å². The topological polar surface area (TPSA) is 41.1 Å². The Kier molecular flexibility index (Phi) is 5.30. The van der Waals surface area contributed by atoms with Crippen LogP contribution in [-0.4, -0.2) is 25.5 Å². The normalized spacial score (nSPS) is 27.4. The van der Waals surface area contributed by atoms with Crippen molar-refractivity contribution in [3.63, 3.8) is 0 Å². The van der Waals surface area contributed by atoms with Gasteiger partial charge in [0, 0.05) is 12.5 Å². The summed E-state index contributed by atoms with van der Waals surface area (Å²) in [4.78, 5) is 12.1. The smallest absolute Gasteiger partial charge is 0.223 e. The zero-order chi connectivity index (χ0) is 11.9. The van der Waals surface area contributed by atoms with E-state index in [0.29, 0.717) is 17.7 Å². The van der Waals surface area contributed by atoms with Crippen molar-refractivity contribution < 1.29 is 4.79 Å². The quantitative estimate of drug-likeness (QED) is 0.739. The van der Waals surface area contributed by atoms with E-state index in [1.165, 1.54) is 38.5 Å². The lowest BCUT2D eigenvalue weighted by Crippen LogP contribution is -2.40. The molecule has 0 radical (unpaired) electrons. The highest BCUT2D eigenvalue weighted by Gasteiger charge is 2.21. The monoisotopic (exact) mass is 238 g/mol. The molecule has 1 heterocycles. The Morgan fingerprint density at radius 3 is 2.47 bits per heavy atom. The minimum atomic E-state index is 0.300. The molecule has 0 aromatic rings. The van der Waals surface area contributed by atoms with Gasteiger partial charge in [-0.2, -0.15) is 0 Å². The molecule has 0 aromatic carbocycles. The van der Waals surface area contributed by atoms with E-state index in [1.807, 2.05) is 0 Å². The van der Waals surface area contributed by atoms with E-state index in [9.17, 15) is 4.79 Å². The van der Waals surface area contributed by atoms with Crippen LogP contribution in [0.5, 0.6) is 0 Å². The van der Waals surface area contributed by atoms with E-state index in [1.54, 1.807) is 0 Å². The average Bonchev–Trinajstić information content (AvgIpc) is 2.66. The van der Waals surface area contributed by atoms with E-state index >= 15 is 0 Å². The van der Waals surface area contributed by atoms with Crippen LogP contribution in [0.4, 0.5) is 0 Å². The molecule has 1 saturated heterocycles. The second-order valence-electron chi connectivity index (χ2n) is 5.65. The minimum Gasteiger partial charge on any atom is -0.356 e. The number of piperidine rings is 1. The molecule has 0 bridgehead atoms. The van der Waals surface area contributed by atoms with Gasteiger partial charge in [0.25, 0.3) is 0 Å². The Morgan fingerprint density at radius 1 is 1.06 bits per heavy atom. The van der Waals surface area contributed by atoms with E-state index < -0.39 is 0 Å². The van der Waals surface area contributed by atoms with Crippen LogP contribution in [0.25, 0.3) is 0 Å². The van der Waals surface area contributed by atoms with Crippen LogP contribution in [0.3, 0.4) is 0 Å². The first kappa shape index (κ1) is 12.9. The van der Waals surface area contributed by atoms with Gasteiger partial charge in [0.05, 0.1) is 0 Å². The van der Waals surface area contributed by atoms with Crippen LogP contribution in [0.1, 0.15) is 51.4 Å². The maximum absolute atomic E-state index is 12.1. The van der Waals surface area contributed by atoms with Gasteiger partial charge in [-0.25, -0.2) is 0 Å². The number of nitrogens with one attached hydrogen (secondary N) is 2. The molecule has 2 aliphatic rings.